The second-order valence-electron chi connectivity index (χ2n) is 6.05. The lowest BCUT2D eigenvalue weighted by molar-refractivity contribution is -0.145. The fraction of sp³-hybridized carbons (Fsp3) is 0.286. The summed E-state index contributed by atoms with van der Waals surface area (Å²) in [6.07, 6.45) is 0.506. The Kier molecular flexibility index (Phi) is 8.58. The van der Waals surface area contributed by atoms with Crippen LogP contribution in [-0.4, -0.2) is 29.3 Å². The summed E-state index contributed by atoms with van der Waals surface area (Å²) in [7, 11) is 0. The first-order valence-corrected chi connectivity index (χ1v) is 9.67. The average molecular weight is 385 g/mol. The highest BCUT2D eigenvalue weighted by molar-refractivity contribution is 8.13. The van der Waals surface area contributed by atoms with Gasteiger partial charge in [-0.3, -0.25) is 14.4 Å². The van der Waals surface area contributed by atoms with Crippen molar-refractivity contribution in [2.75, 3.05) is 12.3 Å². The molecule has 0 aliphatic carbocycles. The number of nitrogens with one attached hydrogen (secondary N) is 1. The minimum atomic E-state index is -0.495. The molecule has 1 atom stereocenters. The van der Waals surface area contributed by atoms with Crippen molar-refractivity contribution in [2.45, 2.75) is 20.0 Å². The number of rotatable bonds is 9. The van der Waals surface area contributed by atoms with E-state index in [-0.39, 0.29) is 24.2 Å². The van der Waals surface area contributed by atoms with Crippen LogP contribution < -0.4 is 5.32 Å². The molecule has 0 aliphatic heterocycles. The maximum absolute atomic E-state index is 12.5. The maximum atomic E-state index is 12.5. The van der Waals surface area contributed by atoms with E-state index < -0.39 is 11.9 Å². The average Bonchev–Trinajstić information content (AvgIpc) is 2.69. The third-order valence-corrected chi connectivity index (χ3v) is 4.81. The smallest absolute Gasteiger partial charge is 0.325 e. The van der Waals surface area contributed by atoms with Gasteiger partial charge < -0.3 is 10.1 Å². The number of ether oxygens (including phenoxy) is 1. The second-order valence-corrected chi connectivity index (χ2v) is 7.25. The first kappa shape index (κ1) is 20.7. The molecule has 5 nitrogen and oxygen atoms in total. The van der Waals surface area contributed by atoms with Crippen LogP contribution in [0.2, 0.25) is 0 Å². The Morgan fingerprint density at radius 3 is 2.15 bits per heavy atom. The molecule has 0 unspecified atom stereocenters. The lowest BCUT2D eigenvalue weighted by atomic mass is 10.0. The van der Waals surface area contributed by atoms with Crippen LogP contribution in [0, 0.1) is 5.92 Å². The van der Waals surface area contributed by atoms with Gasteiger partial charge >= 0.3 is 5.97 Å². The summed E-state index contributed by atoms with van der Waals surface area (Å²) in [6, 6.07) is 18.9. The normalized spacial score (nSPS) is 11.4. The largest absolute Gasteiger partial charge is 0.460 e. The Hall–Kier alpha value is -2.60. The molecule has 0 saturated carbocycles. The zero-order valence-electron chi connectivity index (χ0n) is 15.2. The van der Waals surface area contributed by atoms with Crippen molar-refractivity contribution in [2.24, 2.45) is 5.92 Å². The van der Waals surface area contributed by atoms with Gasteiger partial charge in [0.25, 0.3) is 0 Å². The molecule has 0 radical (unpaired) electrons. The summed E-state index contributed by atoms with van der Waals surface area (Å²) in [6.45, 7) is 1.45. The lowest BCUT2D eigenvalue weighted by Gasteiger charge is -2.16. The fourth-order valence-corrected chi connectivity index (χ4v) is 3.14. The van der Waals surface area contributed by atoms with E-state index in [1.54, 1.807) is 0 Å². The quantitative estimate of drug-likeness (QED) is 0.672. The number of carbonyl (C=O) groups is 3. The third-order valence-electron chi connectivity index (χ3n) is 3.83. The van der Waals surface area contributed by atoms with Gasteiger partial charge in [-0.2, -0.15) is 0 Å². The van der Waals surface area contributed by atoms with E-state index in [0.29, 0.717) is 12.2 Å². The zero-order valence-corrected chi connectivity index (χ0v) is 16.0. The van der Waals surface area contributed by atoms with Crippen molar-refractivity contribution in [1.29, 1.82) is 0 Å². The maximum Gasteiger partial charge on any atom is 0.325 e. The second kappa shape index (κ2) is 11.2. The standard InChI is InChI=1S/C21H23NO4S/c1-16(23)27-15-19(12-17-8-4-2-5-9-17)21(25)22-13-20(24)26-14-18-10-6-3-7-11-18/h2-11,19H,12-15H2,1H3,(H,22,25)/t19-/m0/s1. The van der Waals surface area contributed by atoms with E-state index in [0.717, 1.165) is 22.9 Å². The number of hydrogen-bond donors (Lipinski definition) is 1. The predicted octanol–water partition coefficient (Wildman–Crippen LogP) is 2.98. The minimum absolute atomic E-state index is 0.0388. The molecule has 1 N–H and O–H groups in total. The van der Waals surface area contributed by atoms with Gasteiger partial charge in [0.1, 0.15) is 13.2 Å². The van der Waals surface area contributed by atoms with E-state index in [9.17, 15) is 14.4 Å². The summed E-state index contributed by atoms with van der Waals surface area (Å²) < 4.78 is 5.16. The van der Waals surface area contributed by atoms with Gasteiger partial charge in [-0.1, -0.05) is 72.4 Å². The SMILES string of the molecule is CC(=O)SC[C@H](Cc1ccccc1)C(=O)NCC(=O)OCc1ccccc1. The van der Waals surface area contributed by atoms with Gasteiger partial charge in [0.05, 0.1) is 5.92 Å². The van der Waals surface area contributed by atoms with E-state index in [4.69, 9.17) is 4.74 Å². The molecule has 0 aliphatic rings. The van der Waals surface area contributed by atoms with E-state index >= 15 is 0 Å². The van der Waals surface area contributed by atoms with Crippen molar-refractivity contribution in [1.82, 2.24) is 5.32 Å². The van der Waals surface area contributed by atoms with E-state index in [1.807, 2.05) is 60.7 Å². The molecule has 27 heavy (non-hydrogen) atoms. The van der Waals surface area contributed by atoms with Crippen LogP contribution in [-0.2, 0) is 32.1 Å². The van der Waals surface area contributed by atoms with E-state index in [1.165, 1.54) is 6.92 Å². The Balaban J connectivity index is 1.84. The molecule has 0 saturated heterocycles. The van der Waals surface area contributed by atoms with Crippen LogP contribution >= 0.6 is 11.8 Å². The molecule has 142 valence electrons. The fourth-order valence-electron chi connectivity index (χ4n) is 2.44. The Morgan fingerprint density at radius 2 is 1.56 bits per heavy atom. The van der Waals surface area contributed by atoms with Crippen LogP contribution in [0.15, 0.2) is 60.7 Å². The molecule has 0 aromatic heterocycles. The highest BCUT2D eigenvalue weighted by Crippen LogP contribution is 2.16. The van der Waals surface area contributed by atoms with Crippen molar-refractivity contribution in [3.8, 4) is 0 Å². The summed E-state index contributed by atoms with van der Waals surface area (Å²) in [5, 5.41) is 2.59. The molecule has 0 fully saturated rings. The summed E-state index contributed by atoms with van der Waals surface area (Å²) in [5.41, 5.74) is 1.89. The van der Waals surface area contributed by atoms with Crippen LogP contribution in [0.1, 0.15) is 18.1 Å². The van der Waals surface area contributed by atoms with Gasteiger partial charge in [0.15, 0.2) is 5.12 Å². The molecule has 2 aromatic rings. The third kappa shape index (κ3) is 8.09. The molecular formula is C21H23NO4S. The molecule has 0 heterocycles. The van der Waals surface area contributed by atoms with Crippen molar-refractivity contribution < 1.29 is 19.1 Å². The van der Waals surface area contributed by atoms with Gasteiger partial charge in [-0.05, 0) is 17.5 Å². The minimum Gasteiger partial charge on any atom is -0.460 e. The number of esters is 1. The Labute approximate surface area is 163 Å². The molecular weight excluding hydrogens is 362 g/mol. The number of benzene rings is 2. The number of amides is 1. The molecule has 1 amide bonds. The number of carbonyl (C=O) groups excluding carboxylic acids is 3. The highest BCUT2D eigenvalue weighted by atomic mass is 32.2. The monoisotopic (exact) mass is 385 g/mol. The zero-order chi connectivity index (χ0) is 19.5. The molecule has 2 rings (SSSR count). The first-order valence-electron chi connectivity index (χ1n) is 8.69. The highest BCUT2D eigenvalue weighted by Gasteiger charge is 2.21. The van der Waals surface area contributed by atoms with Crippen LogP contribution in [0.5, 0.6) is 0 Å². The topological polar surface area (TPSA) is 72.5 Å². The van der Waals surface area contributed by atoms with E-state index in [2.05, 4.69) is 5.32 Å². The van der Waals surface area contributed by atoms with Gasteiger partial charge in [0, 0.05) is 12.7 Å². The molecule has 0 bridgehead atoms. The van der Waals surface area contributed by atoms with Crippen LogP contribution in [0.3, 0.4) is 0 Å². The van der Waals surface area contributed by atoms with Crippen LogP contribution in [0.25, 0.3) is 0 Å². The first-order chi connectivity index (χ1) is 13.0. The number of thioether (sulfide) groups is 1. The van der Waals surface area contributed by atoms with Crippen molar-refractivity contribution in [3.05, 3.63) is 71.8 Å². The Bertz CT molecular complexity index is 749. The summed E-state index contributed by atoms with van der Waals surface area (Å²) in [4.78, 5) is 35.6. The van der Waals surface area contributed by atoms with Crippen molar-refractivity contribution >= 4 is 28.8 Å². The van der Waals surface area contributed by atoms with Crippen LogP contribution in [0.4, 0.5) is 0 Å². The summed E-state index contributed by atoms with van der Waals surface area (Å²) >= 11 is 1.11. The summed E-state index contributed by atoms with van der Waals surface area (Å²) in [5.74, 6) is -0.785. The molecule has 6 heteroatoms. The predicted molar refractivity (Wildman–Crippen MR) is 106 cm³/mol. The molecule has 0 spiro atoms. The molecule has 2 aromatic carbocycles. The lowest BCUT2D eigenvalue weighted by Crippen LogP contribution is -2.37. The van der Waals surface area contributed by atoms with Gasteiger partial charge in [0.2, 0.25) is 5.91 Å². The number of hydrogen-bond acceptors (Lipinski definition) is 5. The van der Waals surface area contributed by atoms with Crippen molar-refractivity contribution in [3.63, 3.8) is 0 Å². The Morgan fingerprint density at radius 1 is 0.963 bits per heavy atom. The van der Waals surface area contributed by atoms with Gasteiger partial charge in [-0.25, -0.2) is 0 Å². The van der Waals surface area contributed by atoms with Gasteiger partial charge in [-0.15, -0.1) is 0 Å².